The first-order valence-corrected chi connectivity index (χ1v) is 11.8. The summed E-state index contributed by atoms with van der Waals surface area (Å²) in [4.78, 5) is 30.4. The summed E-state index contributed by atoms with van der Waals surface area (Å²) in [5, 5.41) is 0.913. The molecule has 0 aliphatic carbocycles. The molecule has 1 aliphatic rings. The van der Waals surface area contributed by atoms with Gasteiger partial charge in [-0.3, -0.25) is 14.2 Å². The van der Waals surface area contributed by atoms with Crippen molar-refractivity contribution in [3.63, 3.8) is 0 Å². The fourth-order valence-corrected chi connectivity index (χ4v) is 4.92. The summed E-state index contributed by atoms with van der Waals surface area (Å²) >= 11 is 0. The Balaban J connectivity index is 1.35. The molecule has 0 bridgehead atoms. The van der Waals surface area contributed by atoms with E-state index in [4.69, 9.17) is 4.42 Å². The lowest BCUT2D eigenvalue weighted by atomic mass is 10.1. The zero-order valence-corrected chi connectivity index (χ0v) is 19.6. The fraction of sp³-hybridized carbons (Fsp3) is 0.286. The second-order valence-electron chi connectivity index (χ2n) is 9.02. The van der Waals surface area contributed by atoms with E-state index in [-0.39, 0.29) is 23.9 Å². The van der Waals surface area contributed by atoms with E-state index in [0.29, 0.717) is 37.5 Å². The lowest BCUT2D eigenvalue weighted by Gasteiger charge is -2.40. The molecule has 4 aromatic rings. The number of fused-ring (bicyclic) bond motifs is 1. The average molecular weight is 456 g/mol. The van der Waals surface area contributed by atoms with E-state index in [9.17, 15) is 9.59 Å². The molecule has 1 fully saturated rings. The van der Waals surface area contributed by atoms with Crippen LogP contribution in [0.4, 0.5) is 0 Å². The minimum absolute atomic E-state index is 0.0313. The SMILES string of the molecule is CC1CN(C(=O)c2cc3ccoc3n2C(C)c2ccccc2)CCN1C(=O)Cc1ccccc1. The van der Waals surface area contributed by atoms with Gasteiger partial charge in [-0.2, -0.15) is 0 Å². The molecule has 6 nitrogen and oxygen atoms in total. The summed E-state index contributed by atoms with van der Waals surface area (Å²) in [6.07, 6.45) is 2.04. The number of nitrogens with zero attached hydrogens (tertiary/aromatic N) is 3. The Kier molecular flexibility index (Phi) is 5.97. The maximum Gasteiger partial charge on any atom is 0.270 e. The molecule has 1 aliphatic heterocycles. The van der Waals surface area contributed by atoms with E-state index in [1.165, 1.54) is 0 Å². The molecule has 2 unspecified atom stereocenters. The first-order chi connectivity index (χ1) is 16.5. The second kappa shape index (κ2) is 9.21. The average Bonchev–Trinajstić information content (AvgIpc) is 3.45. The number of hydrogen-bond acceptors (Lipinski definition) is 3. The summed E-state index contributed by atoms with van der Waals surface area (Å²) in [5.74, 6) is 0.0700. The van der Waals surface area contributed by atoms with Crippen LogP contribution in [-0.2, 0) is 11.2 Å². The van der Waals surface area contributed by atoms with Gasteiger partial charge in [0.2, 0.25) is 11.6 Å². The number of piperazine rings is 1. The highest BCUT2D eigenvalue weighted by Gasteiger charge is 2.32. The van der Waals surface area contributed by atoms with Crippen LogP contribution in [0.3, 0.4) is 0 Å². The number of furan rings is 1. The highest BCUT2D eigenvalue weighted by atomic mass is 16.3. The van der Waals surface area contributed by atoms with Gasteiger partial charge in [0, 0.05) is 31.1 Å². The monoisotopic (exact) mass is 455 g/mol. The van der Waals surface area contributed by atoms with Crippen molar-refractivity contribution in [1.29, 1.82) is 0 Å². The van der Waals surface area contributed by atoms with Crippen LogP contribution in [0.5, 0.6) is 0 Å². The van der Waals surface area contributed by atoms with Gasteiger partial charge in [0.1, 0.15) is 5.69 Å². The Morgan fingerprint density at radius 1 is 1.00 bits per heavy atom. The predicted molar refractivity (Wildman–Crippen MR) is 132 cm³/mol. The van der Waals surface area contributed by atoms with Crippen LogP contribution < -0.4 is 0 Å². The van der Waals surface area contributed by atoms with Gasteiger partial charge in [-0.25, -0.2) is 0 Å². The number of rotatable bonds is 5. The van der Waals surface area contributed by atoms with Crippen LogP contribution in [0.25, 0.3) is 11.1 Å². The van der Waals surface area contributed by atoms with E-state index in [1.54, 1.807) is 6.26 Å². The summed E-state index contributed by atoms with van der Waals surface area (Å²) < 4.78 is 7.77. The summed E-state index contributed by atoms with van der Waals surface area (Å²) in [6, 6.07) is 23.6. The molecule has 5 rings (SSSR count). The molecule has 0 radical (unpaired) electrons. The molecular weight excluding hydrogens is 426 g/mol. The van der Waals surface area contributed by atoms with Crippen molar-refractivity contribution < 1.29 is 14.0 Å². The molecule has 2 aromatic heterocycles. The molecule has 0 saturated carbocycles. The van der Waals surface area contributed by atoms with Gasteiger partial charge in [-0.15, -0.1) is 0 Å². The molecule has 2 aromatic carbocycles. The summed E-state index contributed by atoms with van der Waals surface area (Å²) in [5.41, 5.74) is 3.43. The number of hydrogen-bond donors (Lipinski definition) is 0. The Morgan fingerprint density at radius 3 is 2.41 bits per heavy atom. The Labute approximate surface area is 199 Å². The molecule has 1 saturated heterocycles. The van der Waals surface area contributed by atoms with Crippen LogP contribution in [-0.4, -0.2) is 51.9 Å². The number of carbonyl (C=O) groups excluding carboxylic acids is 2. The molecule has 3 heterocycles. The van der Waals surface area contributed by atoms with Crippen molar-refractivity contribution in [2.24, 2.45) is 0 Å². The zero-order valence-electron chi connectivity index (χ0n) is 19.6. The Bertz CT molecular complexity index is 1290. The summed E-state index contributed by atoms with van der Waals surface area (Å²) in [7, 11) is 0. The van der Waals surface area contributed by atoms with Crippen LogP contribution in [0.2, 0.25) is 0 Å². The zero-order chi connectivity index (χ0) is 23.7. The highest BCUT2D eigenvalue weighted by Crippen LogP contribution is 2.30. The van der Waals surface area contributed by atoms with Crippen molar-refractivity contribution in [3.8, 4) is 0 Å². The minimum Gasteiger partial charge on any atom is -0.448 e. The molecular formula is C28H29N3O3. The fourth-order valence-electron chi connectivity index (χ4n) is 4.92. The van der Waals surface area contributed by atoms with Gasteiger partial charge >= 0.3 is 0 Å². The van der Waals surface area contributed by atoms with Crippen molar-refractivity contribution in [1.82, 2.24) is 14.4 Å². The largest absolute Gasteiger partial charge is 0.448 e. The Morgan fingerprint density at radius 2 is 1.71 bits per heavy atom. The quantitative estimate of drug-likeness (QED) is 0.436. The van der Waals surface area contributed by atoms with Gasteiger partial charge in [0.25, 0.3) is 5.91 Å². The lowest BCUT2D eigenvalue weighted by Crippen LogP contribution is -2.56. The number of amides is 2. The molecule has 2 atom stereocenters. The van der Waals surface area contributed by atoms with Crippen LogP contribution in [0.1, 0.15) is 41.5 Å². The van der Waals surface area contributed by atoms with Gasteiger partial charge in [0.05, 0.1) is 18.7 Å². The molecule has 0 N–H and O–H groups in total. The van der Waals surface area contributed by atoms with Gasteiger partial charge in [-0.05, 0) is 37.1 Å². The molecule has 6 heteroatoms. The maximum atomic E-state index is 13.7. The third-order valence-corrected chi connectivity index (χ3v) is 6.77. The molecule has 0 spiro atoms. The Hall–Kier alpha value is -3.80. The molecule has 174 valence electrons. The third kappa shape index (κ3) is 4.12. The highest BCUT2D eigenvalue weighted by molar-refractivity contribution is 5.98. The molecule has 2 amide bonds. The lowest BCUT2D eigenvalue weighted by molar-refractivity contribution is -0.134. The third-order valence-electron chi connectivity index (χ3n) is 6.77. The van der Waals surface area contributed by atoms with Crippen molar-refractivity contribution in [2.45, 2.75) is 32.4 Å². The number of aromatic nitrogens is 1. The van der Waals surface area contributed by atoms with Gasteiger partial charge < -0.3 is 14.2 Å². The standard InChI is InChI=1S/C28H29N3O3/c1-20-19-29(14-15-30(20)26(32)17-22-9-5-3-6-10-22)27(33)25-18-24-13-16-34-28(24)31(25)21(2)23-11-7-4-8-12-23/h3-13,16,18,20-21H,14-15,17,19H2,1-2H3. The smallest absolute Gasteiger partial charge is 0.270 e. The van der Waals surface area contributed by atoms with Gasteiger partial charge in [-0.1, -0.05) is 60.7 Å². The maximum absolute atomic E-state index is 13.7. The first-order valence-electron chi connectivity index (χ1n) is 11.8. The number of benzene rings is 2. The molecule has 34 heavy (non-hydrogen) atoms. The van der Waals surface area contributed by atoms with E-state index in [2.05, 4.69) is 19.1 Å². The van der Waals surface area contributed by atoms with E-state index in [1.807, 2.05) is 82.0 Å². The minimum atomic E-state index is -0.0602. The van der Waals surface area contributed by atoms with Crippen molar-refractivity contribution in [2.75, 3.05) is 19.6 Å². The second-order valence-corrected chi connectivity index (χ2v) is 9.02. The van der Waals surface area contributed by atoms with Crippen molar-refractivity contribution in [3.05, 3.63) is 95.9 Å². The number of carbonyl (C=O) groups is 2. The van der Waals surface area contributed by atoms with Crippen LogP contribution in [0, 0.1) is 0 Å². The predicted octanol–water partition coefficient (Wildman–Crippen LogP) is 4.76. The first kappa shape index (κ1) is 22.0. The van der Waals surface area contributed by atoms with E-state index in [0.717, 1.165) is 16.5 Å². The van der Waals surface area contributed by atoms with Crippen molar-refractivity contribution >= 4 is 22.9 Å². The van der Waals surface area contributed by atoms with Crippen LogP contribution >= 0.6 is 0 Å². The van der Waals surface area contributed by atoms with E-state index >= 15 is 0 Å². The normalized spacial score (nSPS) is 17.2. The van der Waals surface area contributed by atoms with Gasteiger partial charge in [0.15, 0.2) is 0 Å². The van der Waals surface area contributed by atoms with Crippen LogP contribution in [0.15, 0.2) is 83.5 Å². The summed E-state index contributed by atoms with van der Waals surface area (Å²) in [6.45, 7) is 5.64. The topological polar surface area (TPSA) is 58.7 Å². The van der Waals surface area contributed by atoms with E-state index < -0.39 is 0 Å².